The van der Waals surface area contributed by atoms with Gasteiger partial charge in [-0.25, -0.2) is 0 Å². The monoisotopic (exact) mass is 266 g/mol. The molecule has 0 radical (unpaired) electrons. The third-order valence-corrected chi connectivity index (χ3v) is 4.33. The van der Waals surface area contributed by atoms with Gasteiger partial charge in [0, 0.05) is 12.1 Å². The Hall–Kier alpha value is -0.900. The van der Waals surface area contributed by atoms with Crippen LogP contribution in [-0.4, -0.2) is 34.8 Å². The molecule has 4 heteroatoms. The Kier molecular flexibility index (Phi) is 4.97. The highest BCUT2D eigenvalue weighted by molar-refractivity contribution is 6.05. The van der Waals surface area contributed by atoms with Gasteiger partial charge < -0.3 is 5.32 Å². The van der Waals surface area contributed by atoms with E-state index in [0.29, 0.717) is 12.5 Å². The largest absolute Gasteiger partial charge is 0.303 e. The summed E-state index contributed by atoms with van der Waals surface area (Å²) in [4.78, 5) is 26.1. The molecular weight excluding hydrogens is 240 g/mol. The number of hydrogen-bond acceptors (Lipinski definition) is 3. The zero-order valence-electron chi connectivity index (χ0n) is 12.2. The number of rotatable bonds is 5. The fourth-order valence-corrected chi connectivity index (χ4v) is 3.36. The average molecular weight is 266 g/mol. The van der Waals surface area contributed by atoms with E-state index in [2.05, 4.69) is 19.2 Å². The van der Waals surface area contributed by atoms with Crippen molar-refractivity contribution in [1.29, 1.82) is 0 Å². The third-order valence-electron chi connectivity index (χ3n) is 4.33. The van der Waals surface area contributed by atoms with Crippen LogP contribution in [0.2, 0.25) is 0 Å². The van der Waals surface area contributed by atoms with E-state index in [9.17, 15) is 9.59 Å². The van der Waals surface area contributed by atoms with Gasteiger partial charge in [0.25, 0.3) is 0 Å². The lowest BCUT2D eigenvalue weighted by Crippen LogP contribution is -2.46. The number of likely N-dealkylation sites (tertiary alicyclic amines) is 1. The van der Waals surface area contributed by atoms with Gasteiger partial charge in [-0.3, -0.25) is 14.5 Å². The molecule has 1 N–H and O–H groups in total. The molecule has 2 fully saturated rings. The van der Waals surface area contributed by atoms with Gasteiger partial charge in [0.2, 0.25) is 11.8 Å². The van der Waals surface area contributed by atoms with Crippen LogP contribution < -0.4 is 5.32 Å². The molecule has 1 aliphatic heterocycles. The number of carbonyl (C=O) groups excluding carboxylic acids is 2. The van der Waals surface area contributed by atoms with E-state index >= 15 is 0 Å². The molecule has 1 saturated heterocycles. The van der Waals surface area contributed by atoms with Crippen molar-refractivity contribution in [3.05, 3.63) is 0 Å². The molecule has 1 heterocycles. The first-order valence-electron chi connectivity index (χ1n) is 7.75. The molecule has 2 atom stereocenters. The number of nitrogens with zero attached hydrogens (tertiary/aromatic N) is 1. The van der Waals surface area contributed by atoms with Crippen molar-refractivity contribution < 1.29 is 9.59 Å². The molecule has 2 unspecified atom stereocenters. The van der Waals surface area contributed by atoms with Gasteiger partial charge >= 0.3 is 0 Å². The van der Waals surface area contributed by atoms with E-state index in [0.717, 1.165) is 38.5 Å². The highest BCUT2D eigenvalue weighted by atomic mass is 16.2. The second-order valence-corrected chi connectivity index (χ2v) is 6.01. The van der Waals surface area contributed by atoms with Crippen molar-refractivity contribution in [3.63, 3.8) is 0 Å². The van der Waals surface area contributed by atoms with Gasteiger partial charge in [-0.1, -0.05) is 32.6 Å². The van der Waals surface area contributed by atoms with Crippen LogP contribution in [0.3, 0.4) is 0 Å². The zero-order chi connectivity index (χ0) is 13.8. The van der Waals surface area contributed by atoms with Gasteiger partial charge in [0.1, 0.15) is 0 Å². The predicted octanol–water partition coefficient (Wildman–Crippen LogP) is 2.22. The Morgan fingerprint density at radius 2 is 1.95 bits per heavy atom. The highest BCUT2D eigenvalue weighted by Crippen LogP contribution is 2.27. The maximum absolute atomic E-state index is 12.4. The third kappa shape index (κ3) is 3.35. The molecule has 2 amide bonds. The van der Waals surface area contributed by atoms with Crippen molar-refractivity contribution in [2.24, 2.45) is 0 Å². The number of amides is 2. The molecule has 0 aromatic rings. The Morgan fingerprint density at radius 3 is 2.58 bits per heavy atom. The van der Waals surface area contributed by atoms with E-state index in [1.807, 2.05) is 0 Å². The summed E-state index contributed by atoms with van der Waals surface area (Å²) < 4.78 is 0. The quantitative estimate of drug-likeness (QED) is 0.776. The maximum Gasteiger partial charge on any atom is 0.247 e. The lowest BCUT2D eigenvalue weighted by Gasteiger charge is -2.30. The first kappa shape index (κ1) is 14.5. The van der Waals surface area contributed by atoms with Crippen LogP contribution in [-0.2, 0) is 9.59 Å². The fourth-order valence-electron chi connectivity index (χ4n) is 3.36. The van der Waals surface area contributed by atoms with Crippen molar-refractivity contribution in [2.75, 3.05) is 0 Å². The summed E-state index contributed by atoms with van der Waals surface area (Å²) in [5.74, 6) is 0.0398. The maximum atomic E-state index is 12.4. The van der Waals surface area contributed by atoms with Crippen LogP contribution in [0.25, 0.3) is 0 Å². The Morgan fingerprint density at radius 1 is 1.26 bits per heavy atom. The van der Waals surface area contributed by atoms with Crippen LogP contribution in [0.5, 0.6) is 0 Å². The highest BCUT2D eigenvalue weighted by Gasteiger charge is 2.42. The van der Waals surface area contributed by atoms with Gasteiger partial charge in [-0.2, -0.15) is 0 Å². The standard InChI is InChI=1S/C15H26N2O2/c1-3-7-11(2)16-13-10-14(18)17(15(13)19)12-8-5-4-6-9-12/h11-13,16H,3-10H2,1-2H3. The molecule has 0 aromatic heterocycles. The van der Waals surface area contributed by atoms with Crippen molar-refractivity contribution in [3.8, 4) is 0 Å². The first-order valence-corrected chi connectivity index (χ1v) is 7.75. The molecule has 0 aromatic carbocycles. The second kappa shape index (κ2) is 6.51. The van der Waals surface area contributed by atoms with Crippen LogP contribution >= 0.6 is 0 Å². The summed E-state index contributed by atoms with van der Waals surface area (Å²) in [5.41, 5.74) is 0. The van der Waals surface area contributed by atoms with Crippen LogP contribution in [0.4, 0.5) is 0 Å². The van der Waals surface area contributed by atoms with E-state index in [-0.39, 0.29) is 23.9 Å². The minimum atomic E-state index is -0.282. The first-order chi connectivity index (χ1) is 9.13. The summed E-state index contributed by atoms with van der Waals surface area (Å²) in [6, 6.07) is 0.191. The molecule has 19 heavy (non-hydrogen) atoms. The van der Waals surface area contributed by atoms with Crippen LogP contribution in [0.1, 0.15) is 65.2 Å². The Bertz CT molecular complexity index is 337. The number of imide groups is 1. The SMILES string of the molecule is CCCC(C)NC1CC(=O)N(C2CCCCC2)C1=O. The van der Waals surface area contributed by atoms with Gasteiger partial charge in [-0.05, 0) is 26.2 Å². The number of nitrogens with one attached hydrogen (secondary N) is 1. The summed E-state index contributed by atoms with van der Waals surface area (Å²) in [7, 11) is 0. The molecule has 0 bridgehead atoms. The number of carbonyl (C=O) groups is 2. The predicted molar refractivity (Wildman–Crippen MR) is 74.6 cm³/mol. The van der Waals surface area contributed by atoms with Crippen LogP contribution in [0.15, 0.2) is 0 Å². The average Bonchev–Trinajstić information content (AvgIpc) is 2.66. The smallest absolute Gasteiger partial charge is 0.247 e. The minimum absolute atomic E-state index is 0.0138. The molecule has 1 saturated carbocycles. The van der Waals surface area contributed by atoms with Crippen molar-refractivity contribution >= 4 is 11.8 Å². The van der Waals surface area contributed by atoms with Gasteiger partial charge in [-0.15, -0.1) is 0 Å². The summed E-state index contributed by atoms with van der Waals surface area (Å²) in [5, 5.41) is 3.32. The van der Waals surface area contributed by atoms with Gasteiger partial charge in [0.05, 0.1) is 12.5 Å². The molecule has 2 aliphatic rings. The summed E-state index contributed by atoms with van der Waals surface area (Å²) >= 11 is 0. The normalized spacial score (nSPS) is 27.1. The Labute approximate surface area is 115 Å². The lowest BCUT2D eigenvalue weighted by atomic mass is 9.94. The van der Waals surface area contributed by atoms with Gasteiger partial charge in [0.15, 0.2) is 0 Å². The number of hydrogen-bond donors (Lipinski definition) is 1. The van der Waals surface area contributed by atoms with Crippen molar-refractivity contribution in [1.82, 2.24) is 10.2 Å². The topological polar surface area (TPSA) is 49.4 Å². The summed E-state index contributed by atoms with van der Waals surface area (Å²) in [6.45, 7) is 4.22. The zero-order valence-corrected chi connectivity index (χ0v) is 12.2. The molecular formula is C15H26N2O2. The minimum Gasteiger partial charge on any atom is -0.303 e. The van der Waals surface area contributed by atoms with E-state index in [4.69, 9.17) is 0 Å². The lowest BCUT2D eigenvalue weighted by molar-refractivity contribution is -0.142. The van der Waals surface area contributed by atoms with E-state index in [1.165, 1.54) is 6.42 Å². The molecule has 1 aliphatic carbocycles. The van der Waals surface area contributed by atoms with E-state index < -0.39 is 0 Å². The van der Waals surface area contributed by atoms with E-state index in [1.54, 1.807) is 4.90 Å². The molecule has 2 rings (SSSR count). The second-order valence-electron chi connectivity index (χ2n) is 6.01. The Balaban J connectivity index is 1.95. The molecule has 0 spiro atoms. The molecule has 4 nitrogen and oxygen atoms in total. The summed E-state index contributed by atoms with van der Waals surface area (Å²) in [6.07, 6.45) is 8.00. The fraction of sp³-hybridized carbons (Fsp3) is 0.867. The molecule has 108 valence electrons. The van der Waals surface area contributed by atoms with Crippen molar-refractivity contribution in [2.45, 2.75) is 83.3 Å². The van der Waals surface area contributed by atoms with Crippen LogP contribution in [0, 0.1) is 0 Å².